The highest BCUT2D eigenvalue weighted by Gasteiger charge is 2.25. The first-order valence-electron chi connectivity index (χ1n) is 10.8. The van der Waals surface area contributed by atoms with E-state index in [2.05, 4.69) is 5.32 Å². The molecule has 0 spiro atoms. The maximum atomic E-state index is 13.2. The van der Waals surface area contributed by atoms with Gasteiger partial charge in [-0.25, -0.2) is 9.78 Å². The van der Waals surface area contributed by atoms with E-state index in [0.717, 1.165) is 0 Å². The monoisotopic (exact) mass is 466 g/mol. The number of hydrogen-bond acceptors (Lipinski definition) is 7. The van der Waals surface area contributed by atoms with Crippen molar-refractivity contribution in [1.82, 2.24) is 10.3 Å². The first kappa shape index (κ1) is 24.8. The number of pyridine rings is 1. The molecule has 1 heterocycles. The molecule has 1 atom stereocenters. The largest absolute Gasteiger partial charge is 0.493 e. The molecule has 0 saturated heterocycles. The summed E-state index contributed by atoms with van der Waals surface area (Å²) in [5.74, 6) is 0.382. The van der Waals surface area contributed by atoms with Gasteiger partial charge in [-0.15, -0.1) is 0 Å². The maximum Gasteiger partial charge on any atom is 0.339 e. The molecule has 180 valence electrons. The summed E-state index contributed by atoms with van der Waals surface area (Å²) in [6.45, 7) is 7.13. The third-order valence-electron chi connectivity index (χ3n) is 5.05. The number of hydrogen-bond donors (Lipinski definition) is 1. The fourth-order valence-corrected chi connectivity index (χ4v) is 3.47. The number of methoxy groups -OCH3 is 3. The zero-order valence-corrected chi connectivity index (χ0v) is 20.5. The molecule has 0 fully saturated rings. The van der Waals surface area contributed by atoms with Crippen molar-refractivity contribution in [2.24, 2.45) is 0 Å². The third kappa shape index (κ3) is 5.39. The van der Waals surface area contributed by atoms with E-state index in [9.17, 15) is 9.59 Å². The van der Waals surface area contributed by atoms with Crippen molar-refractivity contribution in [2.45, 2.75) is 39.3 Å². The molecular formula is C26H30N2O6. The van der Waals surface area contributed by atoms with E-state index in [0.29, 0.717) is 45.0 Å². The number of para-hydroxylation sites is 1. The third-order valence-corrected chi connectivity index (χ3v) is 5.05. The normalized spacial score (nSPS) is 12.1. The van der Waals surface area contributed by atoms with Crippen LogP contribution in [0.5, 0.6) is 17.2 Å². The minimum Gasteiger partial charge on any atom is -0.493 e. The lowest BCUT2D eigenvalue weighted by atomic mass is 10.0. The summed E-state index contributed by atoms with van der Waals surface area (Å²) in [6.07, 6.45) is -0.969. The average Bonchev–Trinajstić information content (AvgIpc) is 2.80. The molecule has 0 saturated carbocycles. The summed E-state index contributed by atoms with van der Waals surface area (Å²) in [6, 6.07) is 12.4. The van der Waals surface area contributed by atoms with Gasteiger partial charge in [0.2, 0.25) is 5.75 Å². The van der Waals surface area contributed by atoms with Gasteiger partial charge in [-0.3, -0.25) is 4.79 Å². The van der Waals surface area contributed by atoms with Gasteiger partial charge in [0, 0.05) is 16.5 Å². The molecule has 3 aromatic rings. The van der Waals surface area contributed by atoms with Crippen molar-refractivity contribution < 1.29 is 28.5 Å². The number of carbonyl (C=O) groups excluding carboxylic acids is 2. The van der Waals surface area contributed by atoms with Crippen LogP contribution >= 0.6 is 0 Å². The second-order valence-corrected chi connectivity index (χ2v) is 8.77. The summed E-state index contributed by atoms with van der Waals surface area (Å²) in [5, 5.41) is 3.44. The lowest BCUT2D eigenvalue weighted by molar-refractivity contribution is -0.130. The Hall–Kier alpha value is -3.81. The molecule has 3 rings (SSSR count). The molecule has 8 nitrogen and oxygen atoms in total. The molecule has 0 aliphatic heterocycles. The standard InChI is InChI=1S/C26H30N2O6/c1-15(24(29)28-26(2,3)4)34-25(30)18-14-20(27-19-11-9-8-10-17(18)19)16-12-21(31-5)23(33-7)22(13-16)32-6/h8-15H,1-7H3,(H,28,29). The molecule has 0 aliphatic rings. The molecule has 1 unspecified atom stereocenters. The molecule has 2 aromatic carbocycles. The molecule has 1 N–H and O–H groups in total. The quantitative estimate of drug-likeness (QED) is 0.516. The van der Waals surface area contributed by atoms with E-state index in [1.165, 1.54) is 21.3 Å². The van der Waals surface area contributed by atoms with E-state index < -0.39 is 17.6 Å². The summed E-state index contributed by atoms with van der Waals surface area (Å²) in [7, 11) is 4.59. The van der Waals surface area contributed by atoms with Crippen LogP contribution in [0.15, 0.2) is 42.5 Å². The molecular weight excluding hydrogens is 436 g/mol. The summed E-state index contributed by atoms with van der Waals surface area (Å²) in [5.41, 5.74) is 1.63. The molecule has 0 radical (unpaired) electrons. The van der Waals surface area contributed by atoms with E-state index in [1.807, 2.05) is 39.0 Å². The lowest BCUT2D eigenvalue weighted by Gasteiger charge is -2.23. The molecule has 0 bridgehead atoms. The van der Waals surface area contributed by atoms with Gasteiger partial charge in [-0.2, -0.15) is 0 Å². The van der Waals surface area contributed by atoms with Crippen molar-refractivity contribution in [3.8, 4) is 28.5 Å². The van der Waals surface area contributed by atoms with Crippen LogP contribution in [0.2, 0.25) is 0 Å². The number of esters is 1. The molecule has 1 aromatic heterocycles. The fourth-order valence-electron chi connectivity index (χ4n) is 3.47. The maximum absolute atomic E-state index is 13.2. The zero-order chi connectivity index (χ0) is 25.0. The van der Waals surface area contributed by atoms with Crippen molar-refractivity contribution in [1.29, 1.82) is 0 Å². The van der Waals surface area contributed by atoms with Crippen LogP contribution in [0, 0.1) is 0 Å². The Morgan fingerprint density at radius 3 is 2.12 bits per heavy atom. The highest BCUT2D eigenvalue weighted by molar-refractivity contribution is 6.05. The van der Waals surface area contributed by atoms with Crippen molar-refractivity contribution >= 4 is 22.8 Å². The number of rotatable bonds is 7. The predicted octanol–water partition coefficient (Wildman–Crippen LogP) is 4.39. The van der Waals surface area contributed by atoms with Crippen LogP contribution in [0.4, 0.5) is 0 Å². The Morgan fingerprint density at radius 1 is 0.941 bits per heavy atom. The minimum absolute atomic E-state index is 0.296. The highest BCUT2D eigenvalue weighted by atomic mass is 16.5. The van der Waals surface area contributed by atoms with Gasteiger partial charge in [-0.05, 0) is 52.0 Å². The van der Waals surface area contributed by atoms with Gasteiger partial charge in [-0.1, -0.05) is 18.2 Å². The first-order valence-corrected chi connectivity index (χ1v) is 10.8. The smallest absolute Gasteiger partial charge is 0.339 e. The van der Waals surface area contributed by atoms with E-state index in [1.54, 1.807) is 31.2 Å². The van der Waals surface area contributed by atoms with Crippen molar-refractivity contribution in [2.75, 3.05) is 21.3 Å². The lowest BCUT2D eigenvalue weighted by Crippen LogP contribution is -2.46. The van der Waals surface area contributed by atoms with Crippen molar-refractivity contribution in [3.63, 3.8) is 0 Å². The number of nitrogens with one attached hydrogen (secondary N) is 1. The van der Waals surface area contributed by atoms with E-state index in [4.69, 9.17) is 23.9 Å². The van der Waals surface area contributed by atoms with Gasteiger partial charge in [0.15, 0.2) is 17.6 Å². The van der Waals surface area contributed by atoms with Crippen molar-refractivity contribution in [3.05, 3.63) is 48.0 Å². The molecule has 34 heavy (non-hydrogen) atoms. The Labute approximate surface area is 199 Å². The van der Waals surface area contributed by atoms with Gasteiger partial charge < -0.3 is 24.3 Å². The Bertz CT molecular complexity index is 1190. The number of aromatic nitrogens is 1. The Kier molecular flexibility index (Phi) is 7.29. The fraction of sp³-hybridized carbons (Fsp3) is 0.346. The first-order chi connectivity index (χ1) is 16.1. The van der Waals surface area contributed by atoms with Crippen LogP contribution in [0.1, 0.15) is 38.1 Å². The number of benzene rings is 2. The number of fused-ring (bicyclic) bond motifs is 1. The van der Waals surface area contributed by atoms with E-state index in [-0.39, 0.29) is 5.91 Å². The molecule has 1 amide bonds. The van der Waals surface area contributed by atoms with Crippen LogP contribution in [-0.2, 0) is 9.53 Å². The number of carbonyl (C=O) groups is 2. The summed E-state index contributed by atoms with van der Waals surface area (Å²) in [4.78, 5) is 30.3. The second kappa shape index (κ2) is 9.99. The number of amides is 1. The van der Waals surface area contributed by atoms with Crippen LogP contribution < -0.4 is 19.5 Å². The van der Waals surface area contributed by atoms with Gasteiger partial charge in [0.05, 0.1) is 38.1 Å². The van der Waals surface area contributed by atoms with E-state index >= 15 is 0 Å². The van der Waals surface area contributed by atoms with Gasteiger partial charge in [0.1, 0.15) is 0 Å². The van der Waals surface area contributed by atoms with Gasteiger partial charge in [0.25, 0.3) is 5.91 Å². The number of nitrogens with zero attached hydrogens (tertiary/aromatic N) is 1. The highest BCUT2D eigenvalue weighted by Crippen LogP contribution is 2.41. The number of ether oxygens (including phenoxy) is 4. The minimum atomic E-state index is -0.969. The SMILES string of the molecule is COc1cc(-c2cc(C(=O)OC(C)C(=O)NC(C)(C)C)c3ccccc3n2)cc(OC)c1OC. The van der Waals surface area contributed by atoms with Crippen LogP contribution in [0.3, 0.4) is 0 Å². The van der Waals surface area contributed by atoms with Gasteiger partial charge >= 0.3 is 5.97 Å². The average molecular weight is 467 g/mol. The topological polar surface area (TPSA) is 96.0 Å². The Morgan fingerprint density at radius 2 is 1.56 bits per heavy atom. The zero-order valence-electron chi connectivity index (χ0n) is 20.5. The predicted molar refractivity (Wildman–Crippen MR) is 130 cm³/mol. The Balaban J connectivity index is 2.06. The summed E-state index contributed by atoms with van der Waals surface area (Å²) >= 11 is 0. The summed E-state index contributed by atoms with van der Waals surface area (Å²) < 4.78 is 21.8. The van der Waals surface area contributed by atoms with Crippen LogP contribution in [0.25, 0.3) is 22.2 Å². The van der Waals surface area contributed by atoms with Crippen LogP contribution in [-0.4, -0.2) is 49.8 Å². The molecule has 0 aliphatic carbocycles. The second-order valence-electron chi connectivity index (χ2n) is 8.77. The molecule has 8 heteroatoms.